The van der Waals surface area contributed by atoms with E-state index in [2.05, 4.69) is 37.2 Å². The molecule has 0 aromatic rings. The van der Waals surface area contributed by atoms with E-state index in [-0.39, 0.29) is 6.42 Å². The van der Waals surface area contributed by atoms with Crippen LogP contribution in [0.2, 0.25) is 0 Å². The molecule has 3 N–H and O–H groups in total. The number of aliphatic hydroxyl groups excluding tert-OH is 3. The lowest BCUT2D eigenvalue weighted by Gasteiger charge is -2.15. The van der Waals surface area contributed by atoms with E-state index in [4.69, 9.17) is 5.11 Å². The number of aliphatic hydroxyl groups is 3. The topological polar surface area (TPSA) is 60.7 Å². The van der Waals surface area contributed by atoms with E-state index in [0.717, 1.165) is 12.8 Å². The fraction of sp³-hybridized carbons (Fsp3) is 0.647. The Kier molecular flexibility index (Phi) is 12.0. The summed E-state index contributed by atoms with van der Waals surface area (Å²) in [6.07, 6.45) is 5.29. The van der Waals surface area contributed by atoms with Crippen molar-refractivity contribution in [3.63, 3.8) is 0 Å². The second kappa shape index (κ2) is 12.8. The van der Waals surface area contributed by atoms with Crippen LogP contribution < -0.4 is 0 Å². The number of rotatable bonds is 9. The Morgan fingerprint density at radius 1 is 1.00 bits per heavy atom. The Bertz CT molecular complexity index is 367. The average molecular weight is 278 g/mol. The molecule has 20 heavy (non-hydrogen) atoms. The highest BCUT2D eigenvalue weighted by Gasteiger charge is 2.14. The summed E-state index contributed by atoms with van der Waals surface area (Å²) in [4.78, 5) is 0. The van der Waals surface area contributed by atoms with Gasteiger partial charge in [-0.2, -0.15) is 0 Å². The van der Waals surface area contributed by atoms with Crippen molar-refractivity contribution in [2.45, 2.75) is 70.2 Å². The lowest BCUT2D eigenvalue weighted by Crippen LogP contribution is -2.25. The van der Waals surface area contributed by atoms with Gasteiger partial charge in [-0.05, 0) is 18.3 Å². The number of hydrogen-bond donors (Lipinski definition) is 3. The van der Waals surface area contributed by atoms with Crippen LogP contribution >= 0.6 is 0 Å². The van der Waals surface area contributed by atoms with Crippen molar-refractivity contribution in [2.24, 2.45) is 0 Å². The third kappa shape index (κ3) is 10.6. The Balaban J connectivity index is 3.84. The first-order valence-electron chi connectivity index (χ1n) is 7.27. The van der Waals surface area contributed by atoms with Crippen molar-refractivity contribution in [3.8, 4) is 23.7 Å². The molecule has 0 saturated carbocycles. The zero-order chi connectivity index (χ0) is 15.2. The number of hydrogen-bond acceptors (Lipinski definition) is 3. The molecule has 0 aromatic heterocycles. The van der Waals surface area contributed by atoms with E-state index < -0.39 is 18.3 Å². The zero-order valence-corrected chi connectivity index (χ0v) is 12.3. The highest BCUT2D eigenvalue weighted by molar-refractivity contribution is 5.28. The second-order valence-electron chi connectivity index (χ2n) is 4.79. The molecule has 3 nitrogen and oxygen atoms in total. The van der Waals surface area contributed by atoms with Crippen LogP contribution in [0.15, 0.2) is 12.7 Å². The molecule has 0 radical (unpaired) electrons. The molecular weight excluding hydrogens is 252 g/mol. The maximum Gasteiger partial charge on any atom is 0.134 e. The van der Waals surface area contributed by atoms with Crippen molar-refractivity contribution >= 4 is 0 Å². The van der Waals surface area contributed by atoms with Gasteiger partial charge in [0.2, 0.25) is 0 Å². The smallest absolute Gasteiger partial charge is 0.134 e. The monoisotopic (exact) mass is 278 g/mol. The predicted octanol–water partition coefficient (Wildman–Crippen LogP) is 2.01. The van der Waals surface area contributed by atoms with Gasteiger partial charge in [0.05, 0.1) is 12.2 Å². The fourth-order valence-corrected chi connectivity index (χ4v) is 1.65. The van der Waals surface area contributed by atoms with Crippen LogP contribution in [0.1, 0.15) is 51.9 Å². The zero-order valence-electron chi connectivity index (χ0n) is 12.3. The molecule has 0 aromatic carbocycles. The Labute approximate surface area is 122 Å². The molecule has 3 heteroatoms. The van der Waals surface area contributed by atoms with Gasteiger partial charge in [-0.3, -0.25) is 0 Å². The molecule has 3 atom stereocenters. The Morgan fingerprint density at radius 3 is 2.35 bits per heavy atom. The van der Waals surface area contributed by atoms with E-state index in [1.54, 1.807) is 0 Å². The van der Waals surface area contributed by atoms with E-state index >= 15 is 0 Å². The van der Waals surface area contributed by atoms with Crippen LogP contribution in [-0.2, 0) is 0 Å². The van der Waals surface area contributed by atoms with Gasteiger partial charge in [0.1, 0.15) is 6.10 Å². The summed E-state index contributed by atoms with van der Waals surface area (Å²) in [5.41, 5.74) is 0. The molecule has 0 spiro atoms. The highest BCUT2D eigenvalue weighted by Crippen LogP contribution is 2.10. The first-order chi connectivity index (χ1) is 9.61. The lowest BCUT2D eigenvalue weighted by atomic mass is 10.0. The summed E-state index contributed by atoms with van der Waals surface area (Å²) in [6.45, 7) is 5.55. The molecule has 0 aliphatic heterocycles. The van der Waals surface area contributed by atoms with Crippen molar-refractivity contribution < 1.29 is 15.3 Å². The van der Waals surface area contributed by atoms with Crippen LogP contribution in [0.3, 0.4) is 0 Å². The first kappa shape index (κ1) is 18.7. The van der Waals surface area contributed by atoms with Gasteiger partial charge in [-0.25, -0.2) is 0 Å². The van der Waals surface area contributed by atoms with Crippen LogP contribution in [0.5, 0.6) is 0 Å². The summed E-state index contributed by atoms with van der Waals surface area (Å²) in [5.74, 6) is 10.1. The molecule has 112 valence electrons. The summed E-state index contributed by atoms with van der Waals surface area (Å²) in [6, 6.07) is 0. The molecule has 0 heterocycles. The van der Waals surface area contributed by atoms with Gasteiger partial charge >= 0.3 is 0 Å². The quantitative estimate of drug-likeness (QED) is 0.343. The number of unbranched alkanes of at least 4 members (excludes halogenated alkanes) is 4. The minimum atomic E-state index is -0.872. The van der Waals surface area contributed by atoms with E-state index in [1.165, 1.54) is 25.3 Å². The van der Waals surface area contributed by atoms with Crippen molar-refractivity contribution in [3.05, 3.63) is 12.7 Å². The molecule has 0 rings (SSSR count). The fourth-order valence-electron chi connectivity index (χ4n) is 1.65. The summed E-state index contributed by atoms with van der Waals surface area (Å²) < 4.78 is 0. The normalized spacial score (nSPS) is 14.2. The molecule has 0 bridgehead atoms. The largest absolute Gasteiger partial charge is 0.390 e. The molecule has 0 aliphatic rings. The van der Waals surface area contributed by atoms with Crippen LogP contribution in [-0.4, -0.2) is 33.6 Å². The summed E-state index contributed by atoms with van der Waals surface area (Å²) >= 11 is 0. The summed E-state index contributed by atoms with van der Waals surface area (Å²) in [7, 11) is 0. The van der Waals surface area contributed by atoms with Gasteiger partial charge in [0, 0.05) is 6.42 Å². The SMILES string of the molecule is C=C[C@H](O)C#CC#CC[C@@H](O)[C@@H](O)CCCCCCC. The molecule has 0 aliphatic carbocycles. The first-order valence-corrected chi connectivity index (χ1v) is 7.27. The Morgan fingerprint density at radius 2 is 1.70 bits per heavy atom. The lowest BCUT2D eigenvalue weighted by molar-refractivity contribution is 0.0165. The van der Waals surface area contributed by atoms with Crippen molar-refractivity contribution in [1.29, 1.82) is 0 Å². The van der Waals surface area contributed by atoms with Gasteiger partial charge in [0.15, 0.2) is 0 Å². The van der Waals surface area contributed by atoms with Crippen molar-refractivity contribution in [1.82, 2.24) is 0 Å². The minimum Gasteiger partial charge on any atom is -0.390 e. The maximum absolute atomic E-state index is 9.75. The predicted molar refractivity (Wildman–Crippen MR) is 81.8 cm³/mol. The molecular formula is C17H26O3. The standard InChI is InChI=1S/C17H26O3/c1-3-5-6-7-10-13-16(19)17(20)14-11-8-9-12-15(18)4-2/h4,15-20H,2-3,5-7,10,13-14H2,1H3/t15-,16-,17+/m0/s1. The minimum absolute atomic E-state index is 0.189. The van der Waals surface area contributed by atoms with E-state index in [1.807, 2.05) is 0 Å². The maximum atomic E-state index is 9.75. The van der Waals surface area contributed by atoms with E-state index in [9.17, 15) is 10.2 Å². The molecule has 0 unspecified atom stereocenters. The van der Waals surface area contributed by atoms with Gasteiger partial charge in [-0.1, -0.05) is 63.5 Å². The Hall–Kier alpha value is -1.26. The van der Waals surface area contributed by atoms with E-state index in [0.29, 0.717) is 6.42 Å². The van der Waals surface area contributed by atoms with Crippen LogP contribution in [0, 0.1) is 23.7 Å². The van der Waals surface area contributed by atoms with Crippen LogP contribution in [0.25, 0.3) is 0 Å². The summed E-state index contributed by atoms with van der Waals surface area (Å²) in [5, 5.41) is 28.5. The average Bonchev–Trinajstić information content (AvgIpc) is 2.45. The molecule has 0 amide bonds. The van der Waals surface area contributed by atoms with Gasteiger partial charge in [-0.15, -0.1) is 0 Å². The highest BCUT2D eigenvalue weighted by atomic mass is 16.3. The third-order valence-electron chi connectivity index (χ3n) is 2.95. The third-order valence-corrected chi connectivity index (χ3v) is 2.95. The molecule has 0 saturated heterocycles. The van der Waals surface area contributed by atoms with Crippen LogP contribution in [0.4, 0.5) is 0 Å². The second-order valence-corrected chi connectivity index (χ2v) is 4.79. The molecule has 0 fully saturated rings. The van der Waals surface area contributed by atoms with Gasteiger partial charge in [0.25, 0.3) is 0 Å². The van der Waals surface area contributed by atoms with Gasteiger partial charge < -0.3 is 15.3 Å². The van der Waals surface area contributed by atoms with Crippen molar-refractivity contribution in [2.75, 3.05) is 0 Å².